The second kappa shape index (κ2) is 4.85. The van der Waals surface area contributed by atoms with Gasteiger partial charge in [-0.25, -0.2) is 9.97 Å². The number of aryl methyl sites for hydroxylation is 1. The molecule has 3 rings (SSSR count). The predicted molar refractivity (Wildman–Crippen MR) is 86.9 cm³/mol. The number of nitrogens with one attached hydrogen (secondary N) is 1. The number of thiophene rings is 1. The van der Waals surface area contributed by atoms with Gasteiger partial charge in [0.05, 0.1) is 5.39 Å². The topological polar surface area (TPSA) is 37.8 Å². The molecule has 2 aromatic heterocycles. The summed E-state index contributed by atoms with van der Waals surface area (Å²) >= 11 is 8.15. The van der Waals surface area contributed by atoms with E-state index in [0.29, 0.717) is 16.5 Å². The lowest BCUT2D eigenvalue weighted by molar-refractivity contribution is 0.218. The molecule has 0 amide bonds. The van der Waals surface area contributed by atoms with Crippen LogP contribution in [0.25, 0.3) is 10.2 Å². The number of rotatable bonds is 1. The first-order valence-corrected chi connectivity index (χ1v) is 8.25. The SMILES string of the molecule is CNc1nc(Cl)c2c3c(sc2n1)CC(C(C)(C)C)CC3. The van der Waals surface area contributed by atoms with Crippen molar-refractivity contribution in [1.29, 1.82) is 0 Å². The fourth-order valence-electron chi connectivity index (χ4n) is 2.98. The molecule has 2 aromatic rings. The van der Waals surface area contributed by atoms with Crippen LogP contribution in [-0.4, -0.2) is 17.0 Å². The fraction of sp³-hybridized carbons (Fsp3) is 0.600. The summed E-state index contributed by atoms with van der Waals surface area (Å²) in [7, 11) is 1.82. The molecule has 5 heteroatoms. The van der Waals surface area contributed by atoms with Crippen molar-refractivity contribution in [3.05, 3.63) is 15.6 Å². The van der Waals surface area contributed by atoms with Gasteiger partial charge in [-0.15, -0.1) is 11.3 Å². The number of hydrogen-bond acceptors (Lipinski definition) is 4. The summed E-state index contributed by atoms with van der Waals surface area (Å²) < 4.78 is 0. The van der Waals surface area contributed by atoms with E-state index in [0.717, 1.165) is 29.0 Å². The molecular formula is C15H20ClN3S. The Balaban J connectivity index is 2.09. The van der Waals surface area contributed by atoms with E-state index in [1.807, 2.05) is 7.05 Å². The number of halogens is 1. The number of fused-ring (bicyclic) bond motifs is 3. The summed E-state index contributed by atoms with van der Waals surface area (Å²) in [5.41, 5.74) is 1.75. The van der Waals surface area contributed by atoms with Crippen molar-refractivity contribution in [3.63, 3.8) is 0 Å². The highest BCUT2D eigenvalue weighted by molar-refractivity contribution is 7.19. The molecule has 0 aromatic carbocycles. The highest BCUT2D eigenvalue weighted by Gasteiger charge is 2.31. The lowest BCUT2D eigenvalue weighted by Crippen LogP contribution is -2.26. The molecule has 0 bridgehead atoms. The van der Waals surface area contributed by atoms with Gasteiger partial charge in [0.15, 0.2) is 0 Å². The van der Waals surface area contributed by atoms with Gasteiger partial charge >= 0.3 is 0 Å². The Morgan fingerprint density at radius 1 is 1.30 bits per heavy atom. The van der Waals surface area contributed by atoms with Gasteiger partial charge in [0.2, 0.25) is 5.95 Å². The van der Waals surface area contributed by atoms with Crippen LogP contribution in [0.4, 0.5) is 5.95 Å². The molecule has 1 unspecified atom stereocenters. The monoisotopic (exact) mass is 309 g/mol. The summed E-state index contributed by atoms with van der Waals surface area (Å²) in [6.07, 6.45) is 3.47. The summed E-state index contributed by atoms with van der Waals surface area (Å²) in [6.45, 7) is 7.01. The van der Waals surface area contributed by atoms with Crippen molar-refractivity contribution in [2.45, 2.75) is 40.0 Å². The normalized spacial score (nSPS) is 19.1. The minimum atomic E-state index is 0.361. The van der Waals surface area contributed by atoms with Crippen LogP contribution in [0, 0.1) is 11.3 Å². The van der Waals surface area contributed by atoms with Crippen molar-refractivity contribution in [3.8, 4) is 0 Å². The second-order valence-electron chi connectivity index (χ2n) is 6.58. The molecule has 20 heavy (non-hydrogen) atoms. The molecule has 1 atom stereocenters. The molecule has 0 aliphatic heterocycles. The fourth-order valence-corrected chi connectivity index (χ4v) is 4.62. The van der Waals surface area contributed by atoms with E-state index in [4.69, 9.17) is 11.6 Å². The van der Waals surface area contributed by atoms with Gasteiger partial charge in [0.1, 0.15) is 9.98 Å². The molecule has 1 aliphatic rings. The third kappa shape index (κ3) is 2.29. The first-order valence-electron chi connectivity index (χ1n) is 7.05. The van der Waals surface area contributed by atoms with Crippen molar-refractivity contribution in [2.75, 3.05) is 12.4 Å². The Hall–Kier alpha value is -0.870. The lowest BCUT2D eigenvalue weighted by Gasteiger charge is -2.33. The first-order chi connectivity index (χ1) is 9.40. The average Bonchev–Trinajstić information content (AvgIpc) is 2.74. The van der Waals surface area contributed by atoms with Gasteiger partial charge in [0, 0.05) is 11.9 Å². The molecule has 0 spiro atoms. The van der Waals surface area contributed by atoms with Crippen LogP contribution >= 0.6 is 22.9 Å². The number of aromatic nitrogens is 2. The van der Waals surface area contributed by atoms with Crippen LogP contribution in [0.15, 0.2) is 0 Å². The Kier molecular flexibility index (Phi) is 3.41. The lowest BCUT2D eigenvalue weighted by atomic mass is 9.72. The average molecular weight is 310 g/mol. The maximum atomic E-state index is 6.36. The zero-order valence-electron chi connectivity index (χ0n) is 12.4. The van der Waals surface area contributed by atoms with Gasteiger partial charge in [-0.2, -0.15) is 0 Å². The zero-order valence-corrected chi connectivity index (χ0v) is 14.0. The number of anilines is 1. The van der Waals surface area contributed by atoms with Crippen molar-refractivity contribution < 1.29 is 0 Å². The van der Waals surface area contributed by atoms with E-state index >= 15 is 0 Å². The van der Waals surface area contributed by atoms with E-state index in [1.54, 1.807) is 11.3 Å². The minimum absolute atomic E-state index is 0.361. The summed E-state index contributed by atoms with van der Waals surface area (Å²) in [4.78, 5) is 11.4. The van der Waals surface area contributed by atoms with Crippen molar-refractivity contribution >= 4 is 39.1 Å². The standard InChI is InChI=1S/C15H20ClN3S/c1-15(2,3)8-5-6-9-10(7-8)20-13-11(9)12(16)18-14(17-4)19-13/h8H,5-7H2,1-4H3,(H,17,18,19). The highest BCUT2D eigenvalue weighted by atomic mass is 35.5. The molecule has 0 fully saturated rings. The van der Waals surface area contributed by atoms with Gasteiger partial charge < -0.3 is 5.32 Å². The first kappa shape index (κ1) is 14.1. The van der Waals surface area contributed by atoms with Crippen LogP contribution in [0.2, 0.25) is 5.15 Å². The number of nitrogens with zero attached hydrogens (tertiary/aromatic N) is 2. The van der Waals surface area contributed by atoms with Gasteiger partial charge in [0.25, 0.3) is 0 Å². The smallest absolute Gasteiger partial charge is 0.225 e. The molecular weight excluding hydrogens is 290 g/mol. The summed E-state index contributed by atoms with van der Waals surface area (Å²) in [5, 5.41) is 4.64. The summed E-state index contributed by atoms with van der Waals surface area (Å²) in [6, 6.07) is 0. The van der Waals surface area contributed by atoms with Gasteiger partial charge in [-0.3, -0.25) is 0 Å². The van der Waals surface area contributed by atoms with Gasteiger partial charge in [-0.1, -0.05) is 32.4 Å². The van der Waals surface area contributed by atoms with E-state index in [9.17, 15) is 0 Å². The van der Waals surface area contributed by atoms with E-state index in [1.165, 1.54) is 16.9 Å². The predicted octanol–water partition coefficient (Wildman–Crippen LogP) is 4.54. The van der Waals surface area contributed by atoms with Gasteiger partial charge in [-0.05, 0) is 36.2 Å². The van der Waals surface area contributed by atoms with E-state index < -0.39 is 0 Å². The van der Waals surface area contributed by atoms with Crippen molar-refractivity contribution in [1.82, 2.24) is 9.97 Å². The highest BCUT2D eigenvalue weighted by Crippen LogP contribution is 2.44. The maximum Gasteiger partial charge on any atom is 0.225 e. The molecule has 0 saturated carbocycles. The van der Waals surface area contributed by atoms with Crippen LogP contribution in [0.5, 0.6) is 0 Å². The maximum absolute atomic E-state index is 6.36. The Bertz CT molecular complexity index is 657. The molecule has 3 nitrogen and oxygen atoms in total. The molecule has 108 valence electrons. The largest absolute Gasteiger partial charge is 0.357 e. The Labute approximate surface area is 128 Å². The second-order valence-corrected chi connectivity index (χ2v) is 8.02. The minimum Gasteiger partial charge on any atom is -0.357 e. The Morgan fingerprint density at radius 3 is 2.70 bits per heavy atom. The van der Waals surface area contributed by atoms with E-state index in [2.05, 4.69) is 36.1 Å². The molecule has 1 N–H and O–H groups in total. The zero-order chi connectivity index (χ0) is 14.5. The summed E-state index contributed by atoms with van der Waals surface area (Å²) in [5.74, 6) is 1.34. The molecule has 0 radical (unpaired) electrons. The van der Waals surface area contributed by atoms with E-state index in [-0.39, 0.29) is 0 Å². The number of hydrogen-bond donors (Lipinski definition) is 1. The Morgan fingerprint density at radius 2 is 2.05 bits per heavy atom. The van der Waals surface area contributed by atoms with Crippen LogP contribution in [0.1, 0.15) is 37.6 Å². The third-order valence-electron chi connectivity index (χ3n) is 4.31. The van der Waals surface area contributed by atoms with Crippen LogP contribution in [-0.2, 0) is 12.8 Å². The quantitative estimate of drug-likeness (QED) is 0.786. The van der Waals surface area contributed by atoms with Crippen LogP contribution < -0.4 is 5.32 Å². The molecule has 1 aliphatic carbocycles. The van der Waals surface area contributed by atoms with Crippen LogP contribution in [0.3, 0.4) is 0 Å². The van der Waals surface area contributed by atoms with Crippen molar-refractivity contribution in [2.24, 2.45) is 11.3 Å². The molecule has 2 heterocycles. The third-order valence-corrected chi connectivity index (χ3v) is 5.73. The molecule has 0 saturated heterocycles.